The molecule has 0 aliphatic carbocycles. The van der Waals surface area contributed by atoms with Crippen LogP contribution in [0.3, 0.4) is 0 Å². The fourth-order valence-electron chi connectivity index (χ4n) is 1.22. The molecule has 7 heteroatoms. The van der Waals surface area contributed by atoms with Crippen LogP contribution < -0.4 is 10.6 Å². The molecule has 0 aliphatic heterocycles. The third-order valence-corrected chi connectivity index (χ3v) is 2.36. The molecule has 0 aliphatic rings. The van der Waals surface area contributed by atoms with Gasteiger partial charge in [-0.2, -0.15) is 0 Å². The standard InChI is InChI=1S/C10H18ClN3O3/c1-3-14(4-2)9(16)5-6-12-10(17)13-8(15)7-11/h3-7H2,1-2H3,(H2,12,13,15,17). The zero-order chi connectivity index (χ0) is 13.3. The molecule has 0 saturated carbocycles. The van der Waals surface area contributed by atoms with Gasteiger partial charge in [-0.05, 0) is 13.8 Å². The van der Waals surface area contributed by atoms with E-state index in [0.29, 0.717) is 13.1 Å². The lowest BCUT2D eigenvalue weighted by Gasteiger charge is -2.18. The van der Waals surface area contributed by atoms with Crippen LogP contribution in [0.2, 0.25) is 0 Å². The SMILES string of the molecule is CCN(CC)C(=O)CCNC(=O)NC(=O)CCl. The summed E-state index contributed by atoms with van der Waals surface area (Å²) in [6.45, 7) is 5.26. The van der Waals surface area contributed by atoms with Crippen molar-refractivity contribution >= 4 is 29.4 Å². The number of carbonyl (C=O) groups excluding carboxylic acids is 3. The van der Waals surface area contributed by atoms with Crippen LogP contribution in [0.25, 0.3) is 0 Å². The third kappa shape index (κ3) is 6.78. The number of hydrogen-bond donors (Lipinski definition) is 2. The maximum absolute atomic E-state index is 11.5. The second-order valence-electron chi connectivity index (χ2n) is 3.25. The fourth-order valence-corrected chi connectivity index (χ4v) is 1.29. The molecule has 2 N–H and O–H groups in total. The van der Waals surface area contributed by atoms with E-state index in [4.69, 9.17) is 11.6 Å². The van der Waals surface area contributed by atoms with E-state index >= 15 is 0 Å². The van der Waals surface area contributed by atoms with Gasteiger partial charge < -0.3 is 10.2 Å². The third-order valence-electron chi connectivity index (χ3n) is 2.11. The van der Waals surface area contributed by atoms with E-state index in [-0.39, 0.29) is 24.8 Å². The molecule has 0 saturated heterocycles. The number of urea groups is 1. The summed E-state index contributed by atoms with van der Waals surface area (Å²) in [7, 11) is 0. The minimum Gasteiger partial charge on any atom is -0.343 e. The molecular weight excluding hydrogens is 246 g/mol. The molecule has 17 heavy (non-hydrogen) atoms. The Balaban J connectivity index is 3.80. The zero-order valence-electron chi connectivity index (χ0n) is 10.1. The van der Waals surface area contributed by atoms with Crippen molar-refractivity contribution in [2.24, 2.45) is 0 Å². The molecule has 0 aromatic heterocycles. The van der Waals surface area contributed by atoms with Gasteiger partial charge in [0.1, 0.15) is 5.88 Å². The number of amides is 4. The molecular formula is C10H18ClN3O3. The average Bonchev–Trinajstić information content (AvgIpc) is 2.30. The van der Waals surface area contributed by atoms with E-state index < -0.39 is 11.9 Å². The predicted octanol–water partition coefficient (Wildman–Crippen LogP) is 0.309. The van der Waals surface area contributed by atoms with Crippen molar-refractivity contribution in [2.75, 3.05) is 25.5 Å². The summed E-state index contributed by atoms with van der Waals surface area (Å²) in [5.74, 6) is -0.871. The van der Waals surface area contributed by atoms with E-state index in [1.54, 1.807) is 4.90 Å². The average molecular weight is 264 g/mol. The highest BCUT2D eigenvalue weighted by Gasteiger charge is 2.10. The van der Waals surface area contributed by atoms with Crippen LogP contribution in [0, 0.1) is 0 Å². The van der Waals surface area contributed by atoms with Crippen LogP contribution in [-0.2, 0) is 9.59 Å². The minimum atomic E-state index is -0.636. The highest BCUT2D eigenvalue weighted by molar-refractivity contribution is 6.28. The molecule has 0 radical (unpaired) electrons. The number of alkyl halides is 1. The van der Waals surface area contributed by atoms with Crippen molar-refractivity contribution in [3.63, 3.8) is 0 Å². The summed E-state index contributed by atoms with van der Waals surface area (Å²) < 4.78 is 0. The number of halogens is 1. The van der Waals surface area contributed by atoms with Crippen LogP contribution in [0.4, 0.5) is 4.79 Å². The Morgan fingerprint density at radius 3 is 2.24 bits per heavy atom. The molecule has 0 aromatic carbocycles. The summed E-state index contributed by atoms with van der Waals surface area (Å²) in [5.41, 5.74) is 0. The van der Waals surface area contributed by atoms with E-state index in [2.05, 4.69) is 5.32 Å². The Bertz CT molecular complexity index is 280. The molecule has 0 atom stereocenters. The van der Waals surface area contributed by atoms with Crippen molar-refractivity contribution in [3.8, 4) is 0 Å². The van der Waals surface area contributed by atoms with Gasteiger partial charge in [-0.15, -0.1) is 11.6 Å². The Morgan fingerprint density at radius 1 is 1.18 bits per heavy atom. The smallest absolute Gasteiger partial charge is 0.321 e. The first kappa shape index (κ1) is 15.7. The number of rotatable bonds is 6. The van der Waals surface area contributed by atoms with Crippen LogP contribution >= 0.6 is 11.6 Å². The first-order valence-corrected chi connectivity index (χ1v) is 6.00. The highest BCUT2D eigenvalue weighted by Crippen LogP contribution is 1.92. The lowest BCUT2D eigenvalue weighted by atomic mass is 10.3. The van der Waals surface area contributed by atoms with E-state index in [0.717, 1.165) is 0 Å². The highest BCUT2D eigenvalue weighted by atomic mass is 35.5. The van der Waals surface area contributed by atoms with Gasteiger partial charge in [0.05, 0.1) is 0 Å². The molecule has 98 valence electrons. The van der Waals surface area contributed by atoms with Gasteiger partial charge in [0.25, 0.3) is 0 Å². The molecule has 6 nitrogen and oxygen atoms in total. The number of nitrogens with zero attached hydrogens (tertiary/aromatic N) is 1. The van der Waals surface area contributed by atoms with E-state index in [9.17, 15) is 14.4 Å². The first-order valence-electron chi connectivity index (χ1n) is 5.46. The first-order chi connectivity index (χ1) is 8.04. The minimum absolute atomic E-state index is 0.0287. The van der Waals surface area contributed by atoms with Crippen LogP contribution in [0.5, 0.6) is 0 Å². The van der Waals surface area contributed by atoms with Crippen molar-refractivity contribution in [2.45, 2.75) is 20.3 Å². The maximum Gasteiger partial charge on any atom is 0.321 e. The molecule has 0 fully saturated rings. The number of carbonyl (C=O) groups is 3. The number of nitrogens with one attached hydrogen (secondary N) is 2. The molecule has 0 aromatic rings. The molecule has 0 heterocycles. The summed E-state index contributed by atoms with van der Waals surface area (Å²) in [6.07, 6.45) is 0.212. The lowest BCUT2D eigenvalue weighted by Crippen LogP contribution is -2.41. The summed E-state index contributed by atoms with van der Waals surface area (Å²) >= 11 is 5.21. The van der Waals surface area contributed by atoms with Gasteiger partial charge in [0.2, 0.25) is 11.8 Å². The molecule has 0 unspecified atom stereocenters. The Morgan fingerprint density at radius 2 is 1.76 bits per heavy atom. The van der Waals surface area contributed by atoms with Gasteiger partial charge in [-0.1, -0.05) is 0 Å². The largest absolute Gasteiger partial charge is 0.343 e. The monoisotopic (exact) mass is 263 g/mol. The van der Waals surface area contributed by atoms with Crippen LogP contribution in [-0.4, -0.2) is 48.3 Å². The van der Waals surface area contributed by atoms with Gasteiger partial charge in [0.15, 0.2) is 0 Å². The second kappa shape index (κ2) is 8.81. The second-order valence-corrected chi connectivity index (χ2v) is 3.52. The molecule has 0 rings (SSSR count). The predicted molar refractivity (Wildman–Crippen MR) is 64.8 cm³/mol. The maximum atomic E-state index is 11.5. The Kier molecular flexibility index (Phi) is 8.13. The Labute approximate surface area is 106 Å². The summed E-state index contributed by atoms with van der Waals surface area (Å²) in [4.78, 5) is 35.0. The van der Waals surface area contributed by atoms with Gasteiger partial charge in [0, 0.05) is 26.1 Å². The zero-order valence-corrected chi connectivity index (χ0v) is 10.8. The Hall–Kier alpha value is -1.30. The van der Waals surface area contributed by atoms with Crippen molar-refractivity contribution in [1.29, 1.82) is 0 Å². The van der Waals surface area contributed by atoms with Crippen LogP contribution in [0.15, 0.2) is 0 Å². The van der Waals surface area contributed by atoms with Gasteiger partial charge in [-0.3, -0.25) is 14.9 Å². The number of hydrogen-bond acceptors (Lipinski definition) is 3. The lowest BCUT2D eigenvalue weighted by molar-refractivity contribution is -0.130. The fraction of sp³-hybridized carbons (Fsp3) is 0.700. The molecule has 0 spiro atoms. The van der Waals surface area contributed by atoms with E-state index in [1.807, 2.05) is 19.2 Å². The normalized spacial score (nSPS) is 9.59. The van der Waals surface area contributed by atoms with Crippen molar-refractivity contribution in [3.05, 3.63) is 0 Å². The van der Waals surface area contributed by atoms with E-state index in [1.165, 1.54) is 0 Å². The molecule has 0 bridgehead atoms. The quantitative estimate of drug-likeness (QED) is 0.677. The van der Waals surface area contributed by atoms with Gasteiger partial charge >= 0.3 is 6.03 Å². The van der Waals surface area contributed by atoms with Gasteiger partial charge in [-0.25, -0.2) is 4.79 Å². The number of imide groups is 1. The van der Waals surface area contributed by atoms with Crippen molar-refractivity contribution < 1.29 is 14.4 Å². The summed E-state index contributed by atoms with van der Waals surface area (Å²) in [6, 6.07) is -0.636. The summed E-state index contributed by atoms with van der Waals surface area (Å²) in [5, 5.41) is 4.42. The molecule has 4 amide bonds. The van der Waals surface area contributed by atoms with Crippen molar-refractivity contribution in [1.82, 2.24) is 15.5 Å². The topological polar surface area (TPSA) is 78.5 Å². The van der Waals surface area contributed by atoms with Crippen LogP contribution in [0.1, 0.15) is 20.3 Å².